The summed E-state index contributed by atoms with van der Waals surface area (Å²) in [6.45, 7) is -0.999. The van der Waals surface area contributed by atoms with Gasteiger partial charge in [0.05, 0.1) is 36.5 Å². The summed E-state index contributed by atoms with van der Waals surface area (Å²) in [5.41, 5.74) is 2.71. The Bertz CT molecular complexity index is 1380. The Morgan fingerprint density at radius 2 is 1.79 bits per heavy atom. The van der Waals surface area contributed by atoms with Gasteiger partial charge in [0.25, 0.3) is 0 Å². The standard InChI is InChI=1S/C23H22F2N4O5/c1-5-33-17-7-12(14-10-26-28(2)11-14)6-15-19(17)21(29(3)27-15)13-8-16(32-4)20(22(30)31)18(9-13)34-23(24)25/h6-11,23H,5H2,1-4H3,(H,30,31). The smallest absolute Gasteiger partial charge is 0.387 e. The van der Waals surface area contributed by atoms with Gasteiger partial charge in [-0.05, 0) is 36.8 Å². The summed E-state index contributed by atoms with van der Waals surface area (Å²) in [4.78, 5) is 11.7. The third kappa shape index (κ3) is 4.12. The fourth-order valence-corrected chi connectivity index (χ4v) is 3.92. The molecule has 4 aromatic rings. The van der Waals surface area contributed by atoms with Gasteiger partial charge in [-0.25, -0.2) is 4.79 Å². The molecule has 34 heavy (non-hydrogen) atoms. The molecule has 0 aliphatic carbocycles. The second kappa shape index (κ2) is 9.00. The van der Waals surface area contributed by atoms with Crippen molar-refractivity contribution in [3.05, 3.63) is 42.2 Å². The molecule has 4 rings (SSSR count). The van der Waals surface area contributed by atoms with E-state index in [0.717, 1.165) is 11.1 Å². The molecule has 0 spiro atoms. The summed E-state index contributed by atoms with van der Waals surface area (Å²) in [5, 5.41) is 19.0. The van der Waals surface area contributed by atoms with Gasteiger partial charge in [0.1, 0.15) is 22.8 Å². The number of carboxylic acid groups (broad SMARTS) is 1. The lowest BCUT2D eigenvalue weighted by molar-refractivity contribution is -0.0504. The van der Waals surface area contributed by atoms with E-state index in [1.54, 1.807) is 22.6 Å². The Morgan fingerprint density at radius 1 is 1.09 bits per heavy atom. The number of rotatable bonds is 8. The second-order valence-corrected chi connectivity index (χ2v) is 7.41. The molecular weight excluding hydrogens is 450 g/mol. The average molecular weight is 472 g/mol. The lowest BCUT2D eigenvalue weighted by Gasteiger charge is -2.15. The van der Waals surface area contributed by atoms with E-state index in [2.05, 4.69) is 14.9 Å². The Labute approximate surface area is 193 Å². The number of benzene rings is 2. The molecule has 0 aliphatic rings. The number of hydrogen-bond acceptors (Lipinski definition) is 6. The fourth-order valence-electron chi connectivity index (χ4n) is 3.92. The van der Waals surface area contributed by atoms with Crippen LogP contribution in [0.5, 0.6) is 17.2 Å². The first kappa shape index (κ1) is 23.0. The summed E-state index contributed by atoms with van der Waals surface area (Å²) in [6.07, 6.45) is 3.59. The third-order valence-corrected chi connectivity index (χ3v) is 5.23. The monoisotopic (exact) mass is 472 g/mol. The van der Waals surface area contributed by atoms with Gasteiger partial charge in [-0.2, -0.15) is 19.0 Å². The summed E-state index contributed by atoms with van der Waals surface area (Å²) in [6, 6.07) is 6.41. The largest absolute Gasteiger partial charge is 0.496 e. The maximum atomic E-state index is 13.1. The highest BCUT2D eigenvalue weighted by Gasteiger charge is 2.25. The van der Waals surface area contributed by atoms with Gasteiger partial charge in [0.2, 0.25) is 0 Å². The highest BCUT2D eigenvalue weighted by atomic mass is 19.3. The molecule has 0 radical (unpaired) electrons. The Kier molecular flexibility index (Phi) is 6.10. The van der Waals surface area contributed by atoms with Crippen LogP contribution < -0.4 is 14.2 Å². The van der Waals surface area contributed by atoms with Crippen LogP contribution in [0, 0.1) is 0 Å². The molecule has 0 bridgehead atoms. The Hall–Kier alpha value is -4.15. The highest BCUT2D eigenvalue weighted by Crippen LogP contribution is 2.42. The van der Waals surface area contributed by atoms with Crippen LogP contribution in [0.1, 0.15) is 17.3 Å². The number of aromatic carboxylic acids is 1. The first-order chi connectivity index (χ1) is 16.2. The van der Waals surface area contributed by atoms with E-state index in [0.29, 0.717) is 34.5 Å². The molecule has 2 heterocycles. The van der Waals surface area contributed by atoms with Crippen molar-refractivity contribution in [3.8, 4) is 39.6 Å². The van der Waals surface area contributed by atoms with Crippen LogP contribution in [0.4, 0.5) is 8.78 Å². The van der Waals surface area contributed by atoms with E-state index in [4.69, 9.17) is 9.47 Å². The maximum Gasteiger partial charge on any atom is 0.387 e. The van der Waals surface area contributed by atoms with Gasteiger partial charge in [-0.1, -0.05) is 0 Å². The van der Waals surface area contributed by atoms with Crippen molar-refractivity contribution in [1.29, 1.82) is 0 Å². The van der Waals surface area contributed by atoms with Gasteiger partial charge in [0.15, 0.2) is 0 Å². The summed E-state index contributed by atoms with van der Waals surface area (Å²) in [7, 11) is 4.77. The van der Waals surface area contributed by atoms with Crippen LogP contribution in [-0.2, 0) is 14.1 Å². The predicted octanol–water partition coefficient (Wildman–Crippen LogP) is 4.35. The highest BCUT2D eigenvalue weighted by molar-refractivity contribution is 6.02. The zero-order chi connectivity index (χ0) is 24.6. The normalized spacial score (nSPS) is 11.3. The Morgan fingerprint density at radius 3 is 2.38 bits per heavy atom. The van der Waals surface area contributed by atoms with Crippen molar-refractivity contribution in [2.75, 3.05) is 13.7 Å². The third-order valence-electron chi connectivity index (χ3n) is 5.23. The molecule has 0 saturated heterocycles. The molecule has 11 heteroatoms. The van der Waals surface area contributed by atoms with Gasteiger partial charge >= 0.3 is 12.6 Å². The van der Waals surface area contributed by atoms with Crippen LogP contribution in [0.2, 0.25) is 0 Å². The molecule has 1 N–H and O–H groups in total. The molecule has 9 nitrogen and oxygen atoms in total. The van der Waals surface area contributed by atoms with Crippen molar-refractivity contribution in [2.24, 2.45) is 14.1 Å². The number of methoxy groups -OCH3 is 1. The summed E-state index contributed by atoms with van der Waals surface area (Å²) < 4.78 is 45.1. The molecule has 0 atom stereocenters. The molecule has 2 aromatic carbocycles. The number of alkyl halides is 2. The minimum Gasteiger partial charge on any atom is -0.496 e. The summed E-state index contributed by atoms with van der Waals surface area (Å²) >= 11 is 0. The predicted molar refractivity (Wildman–Crippen MR) is 120 cm³/mol. The van der Waals surface area contributed by atoms with Gasteiger partial charge < -0.3 is 19.3 Å². The zero-order valence-electron chi connectivity index (χ0n) is 18.9. The van der Waals surface area contributed by atoms with Crippen LogP contribution in [-0.4, -0.2) is 51.0 Å². The van der Waals surface area contributed by atoms with Crippen LogP contribution in [0.25, 0.3) is 33.3 Å². The lowest BCUT2D eigenvalue weighted by atomic mass is 10.0. The van der Waals surface area contributed by atoms with Crippen molar-refractivity contribution in [1.82, 2.24) is 19.6 Å². The van der Waals surface area contributed by atoms with Gasteiger partial charge in [0, 0.05) is 31.4 Å². The molecular formula is C23H22F2N4O5. The molecule has 0 aliphatic heterocycles. The first-order valence-corrected chi connectivity index (χ1v) is 10.3. The molecule has 0 unspecified atom stereocenters. The van der Waals surface area contributed by atoms with E-state index in [1.165, 1.54) is 19.2 Å². The minimum atomic E-state index is -3.22. The lowest BCUT2D eigenvalue weighted by Crippen LogP contribution is -2.10. The number of hydrogen-bond donors (Lipinski definition) is 1. The second-order valence-electron chi connectivity index (χ2n) is 7.41. The van der Waals surface area contributed by atoms with E-state index in [9.17, 15) is 18.7 Å². The van der Waals surface area contributed by atoms with Crippen molar-refractivity contribution in [2.45, 2.75) is 13.5 Å². The molecule has 2 aromatic heterocycles. The van der Waals surface area contributed by atoms with Crippen molar-refractivity contribution >= 4 is 16.9 Å². The van der Waals surface area contributed by atoms with Crippen LogP contribution >= 0.6 is 0 Å². The van der Waals surface area contributed by atoms with Crippen LogP contribution in [0.15, 0.2) is 36.7 Å². The quantitative estimate of drug-likeness (QED) is 0.407. The number of halogens is 2. The first-order valence-electron chi connectivity index (χ1n) is 10.3. The fraction of sp³-hybridized carbons (Fsp3) is 0.261. The number of aromatic nitrogens is 4. The molecule has 0 saturated carbocycles. The number of carbonyl (C=O) groups is 1. The molecule has 178 valence electrons. The van der Waals surface area contributed by atoms with E-state index in [1.807, 2.05) is 32.3 Å². The number of ether oxygens (including phenoxy) is 3. The number of nitrogens with zero attached hydrogens (tertiary/aromatic N) is 4. The van der Waals surface area contributed by atoms with Gasteiger partial charge in [-0.15, -0.1) is 0 Å². The number of fused-ring (bicyclic) bond motifs is 1. The van der Waals surface area contributed by atoms with E-state index in [-0.39, 0.29) is 5.75 Å². The average Bonchev–Trinajstić information content (AvgIpc) is 3.35. The molecule has 0 amide bonds. The number of aryl methyl sites for hydroxylation is 2. The maximum absolute atomic E-state index is 13.1. The SMILES string of the molecule is CCOc1cc(-c2cnn(C)c2)cc2nn(C)c(-c3cc(OC)c(C(=O)O)c(OC(F)F)c3)c12. The summed E-state index contributed by atoms with van der Waals surface area (Å²) in [5.74, 6) is -1.57. The minimum absolute atomic E-state index is 0.125. The molecule has 0 fully saturated rings. The topological polar surface area (TPSA) is 101 Å². The zero-order valence-corrected chi connectivity index (χ0v) is 18.9. The van der Waals surface area contributed by atoms with E-state index >= 15 is 0 Å². The van der Waals surface area contributed by atoms with Crippen molar-refractivity contribution < 1.29 is 32.9 Å². The van der Waals surface area contributed by atoms with Gasteiger partial charge in [-0.3, -0.25) is 9.36 Å². The van der Waals surface area contributed by atoms with Crippen molar-refractivity contribution in [3.63, 3.8) is 0 Å². The van der Waals surface area contributed by atoms with E-state index < -0.39 is 23.9 Å². The van der Waals surface area contributed by atoms with Crippen LogP contribution in [0.3, 0.4) is 0 Å². The Balaban J connectivity index is 1.99. The number of carboxylic acids is 1.